The predicted octanol–water partition coefficient (Wildman–Crippen LogP) is 3.96. The molecule has 0 unspecified atom stereocenters. The Bertz CT molecular complexity index is 957. The molecule has 1 N–H and O–H groups in total. The van der Waals surface area contributed by atoms with Crippen molar-refractivity contribution in [2.45, 2.75) is 6.18 Å². The third-order valence-electron chi connectivity index (χ3n) is 3.58. The van der Waals surface area contributed by atoms with Crippen LogP contribution in [0.3, 0.4) is 0 Å². The lowest BCUT2D eigenvalue weighted by Crippen LogP contribution is -2.30. The summed E-state index contributed by atoms with van der Waals surface area (Å²) in [6.45, 7) is 0. The van der Waals surface area contributed by atoms with Gasteiger partial charge in [0.15, 0.2) is 5.78 Å². The number of fused-ring (bicyclic) bond motifs is 3. The SMILES string of the molecule is O=C1c2cc([N+](=O)[O-])ccc2-c2c(Cl)cc(NC(=O)C(F)(F)F)cc21. The summed E-state index contributed by atoms with van der Waals surface area (Å²) in [5.41, 5.74) is -0.0416. The van der Waals surface area contributed by atoms with E-state index in [9.17, 15) is 32.9 Å². The highest BCUT2D eigenvalue weighted by atomic mass is 35.5. The monoisotopic (exact) mass is 370 g/mol. The molecule has 1 amide bonds. The molecule has 0 bridgehead atoms. The van der Waals surface area contributed by atoms with E-state index in [1.54, 1.807) is 5.32 Å². The Morgan fingerprint density at radius 1 is 1.12 bits per heavy atom. The summed E-state index contributed by atoms with van der Waals surface area (Å²) in [6, 6.07) is 5.74. The van der Waals surface area contributed by atoms with Crippen LogP contribution in [-0.2, 0) is 4.79 Å². The minimum Gasteiger partial charge on any atom is -0.318 e. The van der Waals surface area contributed by atoms with Crippen molar-refractivity contribution in [1.29, 1.82) is 0 Å². The van der Waals surface area contributed by atoms with Crippen LogP contribution in [0.25, 0.3) is 11.1 Å². The van der Waals surface area contributed by atoms with Gasteiger partial charge in [-0.15, -0.1) is 0 Å². The van der Waals surface area contributed by atoms with Crippen molar-refractivity contribution < 1.29 is 27.7 Å². The van der Waals surface area contributed by atoms with Crippen LogP contribution in [0.5, 0.6) is 0 Å². The summed E-state index contributed by atoms with van der Waals surface area (Å²) in [7, 11) is 0. The summed E-state index contributed by atoms with van der Waals surface area (Å²) >= 11 is 6.05. The molecular weight excluding hydrogens is 365 g/mol. The summed E-state index contributed by atoms with van der Waals surface area (Å²) in [4.78, 5) is 33.6. The second-order valence-electron chi connectivity index (χ2n) is 5.15. The van der Waals surface area contributed by atoms with E-state index in [4.69, 9.17) is 11.6 Å². The minimum atomic E-state index is -5.10. The molecule has 25 heavy (non-hydrogen) atoms. The van der Waals surface area contributed by atoms with Crippen molar-refractivity contribution in [3.05, 3.63) is 56.6 Å². The fourth-order valence-electron chi connectivity index (χ4n) is 2.53. The Labute approximate surface area is 142 Å². The van der Waals surface area contributed by atoms with E-state index >= 15 is 0 Å². The number of hydrogen-bond acceptors (Lipinski definition) is 4. The highest BCUT2D eigenvalue weighted by molar-refractivity contribution is 6.37. The van der Waals surface area contributed by atoms with Crippen LogP contribution in [0.1, 0.15) is 15.9 Å². The summed E-state index contributed by atoms with van der Waals surface area (Å²) in [5.74, 6) is -2.83. The highest BCUT2D eigenvalue weighted by Gasteiger charge is 2.39. The summed E-state index contributed by atoms with van der Waals surface area (Å²) in [6.07, 6.45) is -5.10. The maximum Gasteiger partial charge on any atom is 0.471 e. The van der Waals surface area contributed by atoms with Gasteiger partial charge in [0.1, 0.15) is 0 Å². The number of benzene rings is 2. The van der Waals surface area contributed by atoms with Crippen LogP contribution in [0.2, 0.25) is 5.02 Å². The van der Waals surface area contributed by atoms with E-state index in [-0.39, 0.29) is 33.1 Å². The molecule has 3 rings (SSSR count). The van der Waals surface area contributed by atoms with Crippen molar-refractivity contribution in [3.8, 4) is 11.1 Å². The van der Waals surface area contributed by atoms with Crippen molar-refractivity contribution >= 4 is 34.7 Å². The number of hydrogen-bond donors (Lipinski definition) is 1. The van der Waals surface area contributed by atoms with Crippen LogP contribution in [-0.4, -0.2) is 22.8 Å². The zero-order chi connectivity index (χ0) is 18.5. The molecule has 0 heterocycles. The third kappa shape index (κ3) is 2.82. The Hall–Kier alpha value is -2.94. The van der Waals surface area contributed by atoms with Gasteiger partial charge >= 0.3 is 12.1 Å². The Morgan fingerprint density at radius 3 is 2.40 bits per heavy atom. The van der Waals surface area contributed by atoms with Crippen molar-refractivity contribution in [2.24, 2.45) is 0 Å². The van der Waals surface area contributed by atoms with Gasteiger partial charge < -0.3 is 5.32 Å². The third-order valence-corrected chi connectivity index (χ3v) is 3.88. The zero-order valence-corrected chi connectivity index (χ0v) is 12.7. The molecule has 0 fully saturated rings. The van der Waals surface area contributed by atoms with Gasteiger partial charge in [0.25, 0.3) is 5.69 Å². The number of nitro benzene ring substituents is 1. The van der Waals surface area contributed by atoms with Crippen molar-refractivity contribution in [3.63, 3.8) is 0 Å². The lowest BCUT2D eigenvalue weighted by atomic mass is 10.0. The van der Waals surface area contributed by atoms with Crippen molar-refractivity contribution in [2.75, 3.05) is 5.32 Å². The average molecular weight is 371 g/mol. The van der Waals surface area contributed by atoms with E-state index in [1.165, 1.54) is 12.1 Å². The number of non-ortho nitro benzene ring substituents is 1. The number of carbonyl (C=O) groups is 2. The Kier molecular flexibility index (Phi) is 3.76. The molecule has 0 radical (unpaired) electrons. The molecule has 0 spiro atoms. The molecule has 1 aliphatic rings. The van der Waals surface area contributed by atoms with Crippen LogP contribution >= 0.6 is 11.6 Å². The number of rotatable bonds is 2. The summed E-state index contributed by atoms with van der Waals surface area (Å²) in [5, 5.41) is 12.4. The fraction of sp³-hybridized carbons (Fsp3) is 0.0667. The second kappa shape index (κ2) is 5.55. The van der Waals surface area contributed by atoms with Crippen LogP contribution < -0.4 is 5.32 Å². The predicted molar refractivity (Wildman–Crippen MR) is 81.7 cm³/mol. The molecule has 6 nitrogen and oxygen atoms in total. The van der Waals surface area contributed by atoms with E-state index in [0.29, 0.717) is 5.56 Å². The lowest BCUT2D eigenvalue weighted by Gasteiger charge is -2.10. The van der Waals surface area contributed by atoms with Gasteiger partial charge in [-0.3, -0.25) is 19.7 Å². The number of anilines is 1. The number of amides is 1. The van der Waals surface area contributed by atoms with E-state index in [1.807, 2.05) is 0 Å². The van der Waals surface area contributed by atoms with Gasteiger partial charge in [0, 0.05) is 34.5 Å². The Morgan fingerprint density at radius 2 is 1.80 bits per heavy atom. The molecule has 10 heteroatoms. The molecule has 2 aromatic carbocycles. The van der Waals surface area contributed by atoms with Crippen LogP contribution in [0, 0.1) is 10.1 Å². The van der Waals surface area contributed by atoms with Crippen LogP contribution in [0.4, 0.5) is 24.5 Å². The lowest BCUT2D eigenvalue weighted by molar-refractivity contribution is -0.384. The fourth-order valence-corrected chi connectivity index (χ4v) is 2.85. The summed E-state index contributed by atoms with van der Waals surface area (Å²) < 4.78 is 37.0. The Balaban J connectivity index is 2.07. The smallest absolute Gasteiger partial charge is 0.318 e. The van der Waals surface area contributed by atoms with Gasteiger partial charge in [-0.1, -0.05) is 11.6 Å². The number of nitro groups is 1. The van der Waals surface area contributed by atoms with Crippen LogP contribution in [0.15, 0.2) is 30.3 Å². The molecule has 0 saturated heterocycles. The molecule has 128 valence electrons. The standard InChI is InChI=1S/C15H6ClF3N2O4/c16-11-4-6(20-14(23)15(17,18)19)3-10-12(11)8-2-1-7(21(24)25)5-9(8)13(10)22/h1-5H,(H,20,23). The quantitative estimate of drug-likeness (QED) is 0.546. The van der Waals surface area contributed by atoms with Crippen molar-refractivity contribution in [1.82, 2.24) is 0 Å². The average Bonchev–Trinajstić information content (AvgIpc) is 2.79. The second-order valence-corrected chi connectivity index (χ2v) is 5.56. The minimum absolute atomic E-state index is 0.0189. The van der Waals surface area contributed by atoms with Gasteiger partial charge in [-0.05, 0) is 23.8 Å². The number of nitrogens with zero attached hydrogens (tertiary/aromatic N) is 1. The number of ketones is 1. The molecule has 2 aromatic rings. The van der Waals surface area contributed by atoms with E-state index in [2.05, 4.69) is 0 Å². The van der Waals surface area contributed by atoms with Gasteiger partial charge in [0.2, 0.25) is 0 Å². The topological polar surface area (TPSA) is 89.3 Å². The highest BCUT2D eigenvalue weighted by Crippen LogP contribution is 2.43. The van der Waals surface area contributed by atoms with Gasteiger partial charge in [0.05, 0.1) is 9.95 Å². The molecular formula is C15H6ClF3N2O4. The first-order valence-electron chi connectivity index (χ1n) is 6.65. The molecule has 0 atom stereocenters. The van der Waals surface area contributed by atoms with E-state index in [0.717, 1.165) is 18.2 Å². The molecule has 0 aliphatic heterocycles. The van der Waals surface area contributed by atoms with Gasteiger partial charge in [-0.2, -0.15) is 13.2 Å². The number of halogens is 4. The largest absolute Gasteiger partial charge is 0.471 e. The maximum absolute atomic E-state index is 12.4. The molecule has 0 saturated carbocycles. The molecule has 1 aliphatic carbocycles. The number of alkyl halides is 3. The maximum atomic E-state index is 12.4. The molecule has 0 aromatic heterocycles. The normalized spacial score (nSPS) is 12.6. The first-order valence-corrected chi connectivity index (χ1v) is 7.02. The zero-order valence-electron chi connectivity index (χ0n) is 12.0. The number of carbonyl (C=O) groups excluding carboxylic acids is 2. The number of nitrogens with one attached hydrogen (secondary N) is 1. The first kappa shape index (κ1) is 16.9. The van der Waals surface area contributed by atoms with E-state index < -0.39 is 22.8 Å². The van der Waals surface area contributed by atoms with Gasteiger partial charge in [-0.25, -0.2) is 0 Å². The first-order chi connectivity index (χ1) is 11.6.